The molecule has 0 saturated carbocycles. The summed E-state index contributed by atoms with van der Waals surface area (Å²) in [6, 6.07) is 11.6. The van der Waals surface area contributed by atoms with Crippen LogP contribution in [0.15, 0.2) is 42.6 Å². The molecular weight excluding hydrogens is 251 g/mol. The van der Waals surface area contributed by atoms with Crippen LogP contribution in [-0.4, -0.2) is 4.98 Å². The number of pyridine rings is 1. The first kappa shape index (κ1) is 14.5. The van der Waals surface area contributed by atoms with Gasteiger partial charge < -0.3 is 5.32 Å². The minimum atomic E-state index is -0.310. The molecule has 1 aromatic carbocycles. The molecule has 0 bridgehead atoms. The fraction of sp³-hybridized carbons (Fsp3) is 0.353. The van der Waals surface area contributed by atoms with Crippen LogP contribution in [-0.2, 0) is 5.41 Å². The molecule has 1 unspecified atom stereocenters. The Labute approximate surface area is 120 Å². The van der Waals surface area contributed by atoms with Crippen molar-refractivity contribution in [1.82, 2.24) is 4.98 Å². The molecule has 1 atom stereocenters. The molecule has 0 aliphatic carbocycles. The number of nitrogens with one attached hydrogen (secondary N) is 1. The van der Waals surface area contributed by atoms with Crippen molar-refractivity contribution in [3.63, 3.8) is 0 Å². The summed E-state index contributed by atoms with van der Waals surface area (Å²) < 4.78 is 12.9. The van der Waals surface area contributed by atoms with E-state index in [9.17, 15) is 4.39 Å². The number of anilines is 1. The Morgan fingerprint density at radius 3 is 2.20 bits per heavy atom. The Bertz CT molecular complexity index is 553. The Morgan fingerprint density at radius 1 is 1.05 bits per heavy atom. The third kappa shape index (κ3) is 3.56. The zero-order chi connectivity index (χ0) is 14.8. The maximum Gasteiger partial charge on any atom is 0.141 e. The quantitative estimate of drug-likeness (QED) is 0.876. The van der Waals surface area contributed by atoms with Gasteiger partial charge in [-0.1, -0.05) is 32.9 Å². The summed E-state index contributed by atoms with van der Waals surface area (Å²) >= 11 is 0. The van der Waals surface area contributed by atoms with Crippen molar-refractivity contribution in [3.05, 3.63) is 59.7 Å². The normalized spacial score (nSPS) is 13.1. The lowest BCUT2D eigenvalue weighted by Gasteiger charge is -2.20. The van der Waals surface area contributed by atoms with Crippen molar-refractivity contribution < 1.29 is 4.39 Å². The van der Waals surface area contributed by atoms with Gasteiger partial charge in [0, 0.05) is 5.69 Å². The first-order chi connectivity index (χ1) is 9.36. The standard InChI is InChI=1S/C17H21FN2/c1-12(16-10-7-14(18)11-19-16)20-15-8-5-13(6-9-15)17(2,3)4/h5-12,20H,1-4H3. The number of nitrogens with zero attached hydrogens (tertiary/aromatic N) is 1. The predicted octanol–water partition coefficient (Wildman–Crippen LogP) is 4.69. The highest BCUT2D eigenvalue weighted by Crippen LogP contribution is 2.25. The van der Waals surface area contributed by atoms with Gasteiger partial charge in [0.05, 0.1) is 17.9 Å². The van der Waals surface area contributed by atoms with E-state index in [1.54, 1.807) is 6.07 Å². The molecule has 0 amide bonds. The van der Waals surface area contributed by atoms with Gasteiger partial charge in [0.25, 0.3) is 0 Å². The average Bonchev–Trinajstić information content (AvgIpc) is 2.39. The van der Waals surface area contributed by atoms with Crippen molar-refractivity contribution in [2.45, 2.75) is 39.2 Å². The summed E-state index contributed by atoms with van der Waals surface area (Å²) in [6.45, 7) is 8.60. The fourth-order valence-electron chi connectivity index (χ4n) is 2.03. The first-order valence-corrected chi connectivity index (χ1v) is 6.85. The lowest BCUT2D eigenvalue weighted by molar-refractivity contribution is 0.590. The molecule has 2 nitrogen and oxygen atoms in total. The molecular formula is C17H21FN2. The van der Waals surface area contributed by atoms with Gasteiger partial charge in [-0.15, -0.1) is 0 Å². The number of halogens is 1. The molecule has 1 heterocycles. The summed E-state index contributed by atoms with van der Waals surface area (Å²) in [5.74, 6) is -0.310. The highest BCUT2D eigenvalue weighted by molar-refractivity contribution is 5.47. The van der Waals surface area contributed by atoms with E-state index in [0.717, 1.165) is 11.4 Å². The van der Waals surface area contributed by atoms with Crippen LogP contribution in [0.1, 0.15) is 45.0 Å². The van der Waals surface area contributed by atoms with Gasteiger partial charge in [-0.05, 0) is 42.2 Å². The summed E-state index contributed by atoms with van der Waals surface area (Å²) in [4.78, 5) is 4.09. The van der Waals surface area contributed by atoms with Gasteiger partial charge in [0.15, 0.2) is 0 Å². The smallest absolute Gasteiger partial charge is 0.141 e. The molecule has 20 heavy (non-hydrogen) atoms. The zero-order valence-corrected chi connectivity index (χ0v) is 12.4. The van der Waals surface area contributed by atoms with E-state index < -0.39 is 0 Å². The third-order valence-corrected chi connectivity index (χ3v) is 3.33. The van der Waals surface area contributed by atoms with Gasteiger partial charge in [-0.3, -0.25) is 4.98 Å². The average molecular weight is 272 g/mol. The van der Waals surface area contributed by atoms with Gasteiger partial charge in [-0.2, -0.15) is 0 Å². The van der Waals surface area contributed by atoms with E-state index >= 15 is 0 Å². The molecule has 0 saturated heterocycles. The lowest BCUT2D eigenvalue weighted by atomic mass is 9.87. The largest absolute Gasteiger partial charge is 0.377 e. The van der Waals surface area contributed by atoms with Crippen molar-refractivity contribution in [2.24, 2.45) is 0 Å². The van der Waals surface area contributed by atoms with E-state index in [1.807, 2.05) is 6.92 Å². The second-order valence-corrected chi connectivity index (χ2v) is 6.09. The lowest BCUT2D eigenvalue weighted by Crippen LogP contribution is -2.12. The third-order valence-electron chi connectivity index (χ3n) is 3.33. The molecule has 2 rings (SSSR count). The molecule has 0 aliphatic heterocycles. The minimum absolute atomic E-state index is 0.0380. The molecule has 1 aromatic heterocycles. The monoisotopic (exact) mass is 272 g/mol. The number of hydrogen-bond donors (Lipinski definition) is 1. The Hall–Kier alpha value is -1.90. The highest BCUT2D eigenvalue weighted by Gasteiger charge is 2.13. The van der Waals surface area contributed by atoms with E-state index in [-0.39, 0.29) is 17.3 Å². The Balaban J connectivity index is 2.08. The minimum Gasteiger partial charge on any atom is -0.377 e. The number of hydrogen-bond acceptors (Lipinski definition) is 2. The van der Waals surface area contributed by atoms with E-state index in [4.69, 9.17) is 0 Å². The maximum atomic E-state index is 12.9. The van der Waals surface area contributed by atoms with Crippen LogP contribution in [0.2, 0.25) is 0 Å². The van der Waals surface area contributed by atoms with Crippen LogP contribution >= 0.6 is 0 Å². The van der Waals surface area contributed by atoms with Crippen molar-refractivity contribution >= 4 is 5.69 Å². The van der Waals surface area contributed by atoms with Crippen molar-refractivity contribution in [2.75, 3.05) is 5.32 Å². The summed E-state index contributed by atoms with van der Waals surface area (Å²) in [5.41, 5.74) is 3.32. The molecule has 2 aromatic rings. The molecule has 3 heteroatoms. The number of benzene rings is 1. The molecule has 1 N–H and O–H groups in total. The van der Waals surface area contributed by atoms with Crippen LogP contribution in [0.5, 0.6) is 0 Å². The van der Waals surface area contributed by atoms with Crippen molar-refractivity contribution in [3.8, 4) is 0 Å². The summed E-state index contributed by atoms with van der Waals surface area (Å²) in [6.07, 6.45) is 1.25. The number of aromatic nitrogens is 1. The van der Waals surface area contributed by atoms with Crippen LogP contribution in [0.4, 0.5) is 10.1 Å². The van der Waals surface area contributed by atoms with Gasteiger partial charge in [0.1, 0.15) is 5.82 Å². The van der Waals surface area contributed by atoms with Gasteiger partial charge in [0.2, 0.25) is 0 Å². The molecule has 0 fully saturated rings. The Kier molecular flexibility index (Phi) is 4.07. The van der Waals surface area contributed by atoms with Crippen LogP contribution in [0.25, 0.3) is 0 Å². The van der Waals surface area contributed by atoms with Crippen LogP contribution in [0, 0.1) is 5.82 Å². The predicted molar refractivity (Wildman–Crippen MR) is 81.4 cm³/mol. The summed E-state index contributed by atoms with van der Waals surface area (Å²) in [7, 11) is 0. The first-order valence-electron chi connectivity index (χ1n) is 6.85. The molecule has 0 spiro atoms. The van der Waals surface area contributed by atoms with Gasteiger partial charge in [-0.25, -0.2) is 4.39 Å². The van der Waals surface area contributed by atoms with Crippen LogP contribution < -0.4 is 5.32 Å². The van der Waals surface area contributed by atoms with E-state index in [1.165, 1.54) is 17.8 Å². The fourth-order valence-corrected chi connectivity index (χ4v) is 2.03. The molecule has 0 radical (unpaired) electrons. The highest BCUT2D eigenvalue weighted by atomic mass is 19.1. The summed E-state index contributed by atoms with van der Waals surface area (Å²) in [5, 5.41) is 3.37. The zero-order valence-electron chi connectivity index (χ0n) is 12.4. The van der Waals surface area contributed by atoms with Crippen molar-refractivity contribution in [1.29, 1.82) is 0 Å². The van der Waals surface area contributed by atoms with E-state index in [2.05, 4.69) is 55.3 Å². The second kappa shape index (κ2) is 5.61. The second-order valence-electron chi connectivity index (χ2n) is 6.09. The molecule has 0 aliphatic rings. The Morgan fingerprint density at radius 2 is 1.70 bits per heavy atom. The SMILES string of the molecule is CC(Nc1ccc(C(C)(C)C)cc1)c1ccc(F)cn1. The van der Waals surface area contributed by atoms with Crippen LogP contribution in [0.3, 0.4) is 0 Å². The maximum absolute atomic E-state index is 12.9. The molecule has 106 valence electrons. The van der Waals surface area contributed by atoms with Gasteiger partial charge >= 0.3 is 0 Å². The van der Waals surface area contributed by atoms with E-state index in [0.29, 0.717) is 0 Å². The number of rotatable bonds is 3. The topological polar surface area (TPSA) is 24.9 Å².